The Kier molecular flexibility index (Phi) is 4.88. The summed E-state index contributed by atoms with van der Waals surface area (Å²) in [7, 11) is 0. The Hall–Kier alpha value is -2.69. The molecule has 1 aromatic heterocycles. The summed E-state index contributed by atoms with van der Waals surface area (Å²) in [5.41, 5.74) is 2.78. The van der Waals surface area contributed by atoms with Crippen molar-refractivity contribution in [2.45, 2.75) is 26.7 Å². The van der Waals surface area contributed by atoms with E-state index in [9.17, 15) is 14.7 Å². The number of nitrogens with zero attached hydrogens (tertiary/aromatic N) is 1. The first kappa shape index (κ1) is 15.7. The van der Waals surface area contributed by atoms with Crippen molar-refractivity contribution in [3.8, 4) is 5.75 Å². The topological polar surface area (TPSA) is 79.3 Å². The summed E-state index contributed by atoms with van der Waals surface area (Å²) >= 11 is 0. The lowest BCUT2D eigenvalue weighted by molar-refractivity contribution is -0.116. The minimum absolute atomic E-state index is 0.0434. The standard InChI is InChI=1S/C17H18N2O3/c1-11-5-6-13(10-12(11)2)14(20)7-8-16(22)19-17-15(21)4-3-9-18-17/h3-6,9-10,21H,7-8H2,1-2H3,(H,18,19,22). The molecule has 0 atom stereocenters. The SMILES string of the molecule is Cc1ccc(C(=O)CCC(=O)Nc2ncccc2O)cc1C. The second kappa shape index (κ2) is 6.85. The molecule has 0 unspecified atom stereocenters. The molecule has 22 heavy (non-hydrogen) atoms. The molecule has 114 valence electrons. The number of hydrogen-bond donors (Lipinski definition) is 2. The van der Waals surface area contributed by atoms with Crippen LogP contribution in [0.3, 0.4) is 0 Å². The lowest BCUT2D eigenvalue weighted by Gasteiger charge is -2.06. The summed E-state index contributed by atoms with van der Waals surface area (Å²) in [5.74, 6) is -0.433. The van der Waals surface area contributed by atoms with Crippen LogP contribution in [-0.2, 0) is 4.79 Å². The predicted molar refractivity (Wildman–Crippen MR) is 84.0 cm³/mol. The average Bonchev–Trinajstić information content (AvgIpc) is 2.50. The number of aromatic hydroxyl groups is 1. The van der Waals surface area contributed by atoms with Crippen LogP contribution in [0.15, 0.2) is 36.5 Å². The van der Waals surface area contributed by atoms with Crippen LogP contribution in [0.1, 0.15) is 34.3 Å². The molecule has 1 amide bonds. The monoisotopic (exact) mass is 298 g/mol. The number of aromatic nitrogens is 1. The van der Waals surface area contributed by atoms with Crippen LogP contribution in [-0.4, -0.2) is 21.8 Å². The molecular formula is C17H18N2O3. The molecule has 2 rings (SSSR count). The molecule has 0 saturated carbocycles. The van der Waals surface area contributed by atoms with E-state index < -0.39 is 0 Å². The van der Waals surface area contributed by atoms with Gasteiger partial charge >= 0.3 is 0 Å². The number of hydrogen-bond acceptors (Lipinski definition) is 4. The highest BCUT2D eigenvalue weighted by molar-refractivity contribution is 6.00. The van der Waals surface area contributed by atoms with Gasteiger partial charge in [-0.3, -0.25) is 9.59 Å². The van der Waals surface area contributed by atoms with Crippen LogP contribution in [0.2, 0.25) is 0 Å². The molecule has 0 aliphatic heterocycles. The fourth-order valence-electron chi connectivity index (χ4n) is 1.97. The number of carbonyl (C=O) groups is 2. The van der Waals surface area contributed by atoms with Crippen LogP contribution in [0, 0.1) is 13.8 Å². The lowest BCUT2D eigenvalue weighted by atomic mass is 10.0. The third kappa shape index (κ3) is 3.91. The van der Waals surface area contributed by atoms with Crippen molar-refractivity contribution in [1.29, 1.82) is 0 Å². The molecule has 0 radical (unpaired) electrons. The zero-order chi connectivity index (χ0) is 16.1. The van der Waals surface area contributed by atoms with Crippen molar-refractivity contribution in [2.24, 2.45) is 0 Å². The van der Waals surface area contributed by atoms with Crippen molar-refractivity contribution in [2.75, 3.05) is 5.32 Å². The maximum atomic E-state index is 12.1. The Morgan fingerprint density at radius 2 is 1.91 bits per heavy atom. The first-order chi connectivity index (χ1) is 10.5. The highest BCUT2D eigenvalue weighted by Gasteiger charge is 2.12. The summed E-state index contributed by atoms with van der Waals surface area (Å²) < 4.78 is 0. The van der Waals surface area contributed by atoms with Gasteiger partial charge in [0.15, 0.2) is 17.4 Å². The summed E-state index contributed by atoms with van der Waals surface area (Å²) in [4.78, 5) is 27.8. The van der Waals surface area contributed by atoms with E-state index in [1.807, 2.05) is 26.0 Å². The van der Waals surface area contributed by atoms with Crippen LogP contribution in [0.25, 0.3) is 0 Å². The van der Waals surface area contributed by atoms with E-state index in [0.717, 1.165) is 11.1 Å². The van der Waals surface area contributed by atoms with Crippen LogP contribution < -0.4 is 5.32 Å². The van der Waals surface area contributed by atoms with Gasteiger partial charge in [0.2, 0.25) is 5.91 Å². The van der Waals surface area contributed by atoms with E-state index in [1.165, 1.54) is 12.3 Å². The lowest BCUT2D eigenvalue weighted by Crippen LogP contribution is -2.14. The summed E-state index contributed by atoms with van der Waals surface area (Å²) in [6, 6.07) is 8.50. The number of carbonyl (C=O) groups excluding carboxylic acids is 2. The van der Waals surface area contributed by atoms with Gasteiger partial charge < -0.3 is 10.4 Å². The van der Waals surface area contributed by atoms with Gasteiger partial charge in [-0.25, -0.2) is 4.98 Å². The average molecular weight is 298 g/mol. The Morgan fingerprint density at radius 1 is 1.14 bits per heavy atom. The zero-order valence-corrected chi connectivity index (χ0v) is 12.6. The van der Waals surface area contributed by atoms with E-state index in [0.29, 0.717) is 5.56 Å². The highest BCUT2D eigenvalue weighted by atomic mass is 16.3. The quantitative estimate of drug-likeness (QED) is 0.832. The maximum absolute atomic E-state index is 12.1. The minimum atomic E-state index is -0.355. The molecule has 5 nitrogen and oxygen atoms in total. The maximum Gasteiger partial charge on any atom is 0.226 e. The number of anilines is 1. The Bertz CT molecular complexity index is 711. The van der Waals surface area contributed by atoms with Gasteiger partial charge in [0.1, 0.15) is 0 Å². The molecule has 0 fully saturated rings. The molecule has 0 bridgehead atoms. The van der Waals surface area contributed by atoms with Gasteiger partial charge in [-0.05, 0) is 43.2 Å². The first-order valence-electron chi connectivity index (χ1n) is 7.01. The largest absolute Gasteiger partial charge is 0.504 e. The number of amides is 1. The molecule has 0 spiro atoms. The fourth-order valence-corrected chi connectivity index (χ4v) is 1.97. The zero-order valence-electron chi connectivity index (χ0n) is 12.6. The van der Waals surface area contributed by atoms with E-state index in [4.69, 9.17) is 0 Å². The molecule has 2 N–H and O–H groups in total. The van der Waals surface area contributed by atoms with Gasteiger partial charge in [0, 0.05) is 24.6 Å². The van der Waals surface area contributed by atoms with Crippen molar-refractivity contribution >= 4 is 17.5 Å². The smallest absolute Gasteiger partial charge is 0.226 e. The van der Waals surface area contributed by atoms with Crippen LogP contribution >= 0.6 is 0 Å². The normalized spacial score (nSPS) is 10.3. The summed E-state index contributed by atoms with van der Waals surface area (Å²) in [6.07, 6.45) is 1.62. The van der Waals surface area contributed by atoms with Crippen molar-refractivity contribution in [1.82, 2.24) is 4.98 Å². The molecule has 0 aliphatic rings. The fraction of sp³-hybridized carbons (Fsp3) is 0.235. The van der Waals surface area contributed by atoms with Gasteiger partial charge in [-0.1, -0.05) is 12.1 Å². The number of rotatable bonds is 5. The third-order valence-corrected chi connectivity index (χ3v) is 3.45. The van der Waals surface area contributed by atoms with Gasteiger partial charge in [0.25, 0.3) is 0 Å². The van der Waals surface area contributed by atoms with E-state index >= 15 is 0 Å². The van der Waals surface area contributed by atoms with Gasteiger partial charge in [-0.2, -0.15) is 0 Å². The molecule has 1 heterocycles. The van der Waals surface area contributed by atoms with E-state index in [2.05, 4.69) is 10.3 Å². The third-order valence-electron chi connectivity index (χ3n) is 3.45. The van der Waals surface area contributed by atoms with E-state index in [1.54, 1.807) is 12.1 Å². The Balaban J connectivity index is 1.92. The van der Waals surface area contributed by atoms with Crippen LogP contribution in [0.5, 0.6) is 5.75 Å². The minimum Gasteiger partial charge on any atom is -0.504 e. The van der Waals surface area contributed by atoms with Crippen LogP contribution in [0.4, 0.5) is 5.82 Å². The van der Waals surface area contributed by atoms with Crippen molar-refractivity contribution in [3.63, 3.8) is 0 Å². The number of nitrogens with one attached hydrogen (secondary N) is 1. The van der Waals surface area contributed by atoms with E-state index in [-0.39, 0.29) is 36.1 Å². The number of pyridine rings is 1. The second-order valence-electron chi connectivity index (χ2n) is 5.14. The van der Waals surface area contributed by atoms with Gasteiger partial charge in [-0.15, -0.1) is 0 Å². The molecule has 0 saturated heterocycles. The Morgan fingerprint density at radius 3 is 2.59 bits per heavy atom. The number of benzene rings is 1. The highest BCUT2D eigenvalue weighted by Crippen LogP contribution is 2.18. The molecule has 0 aliphatic carbocycles. The molecule has 2 aromatic rings. The summed E-state index contributed by atoms with van der Waals surface area (Å²) in [5, 5.41) is 12.0. The second-order valence-corrected chi connectivity index (χ2v) is 5.14. The van der Waals surface area contributed by atoms with Crippen molar-refractivity contribution < 1.29 is 14.7 Å². The number of ketones is 1. The molecule has 1 aromatic carbocycles. The number of aryl methyl sites for hydroxylation is 2. The Labute approximate surface area is 129 Å². The molecular weight excluding hydrogens is 280 g/mol. The first-order valence-corrected chi connectivity index (χ1v) is 7.01. The van der Waals surface area contributed by atoms with Crippen molar-refractivity contribution in [3.05, 3.63) is 53.2 Å². The molecule has 5 heteroatoms. The van der Waals surface area contributed by atoms with Gasteiger partial charge in [0.05, 0.1) is 0 Å². The predicted octanol–water partition coefficient (Wildman–Crippen LogP) is 3.01. The summed E-state index contributed by atoms with van der Waals surface area (Å²) in [6.45, 7) is 3.93. The number of Topliss-reactive ketones (excluding diaryl/α,β-unsaturated/α-hetero) is 1.